The van der Waals surface area contributed by atoms with Crippen LogP contribution < -0.4 is 5.32 Å². The normalized spacial score (nSPS) is 16.6. The second-order valence-corrected chi connectivity index (χ2v) is 4.93. The quantitative estimate of drug-likeness (QED) is 0.497. The molecule has 0 spiro atoms. The van der Waals surface area contributed by atoms with Crippen molar-refractivity contribution in [2.24, 2.45) is 0 Å². The molecule has 6 nitrogen and oxygen atoms in total. The van der Waals surface area contributed by atoms with E-state index in [9.17, 15) is 14.4 Å². The second-order valence-electron chi connectivity index (χ2n) is 4.05. The van der Waals surface area contributed by atoms with E-state index in [-0.39, 0.29) is 5.70 Å². The van der Waals surface area contributed by atoms with E-state index in [2.05, 4.69) is 5.32 Å². The molecule has 1 aromatic carbocycles. The smallest absolute Gasteiger partial charge is 0.329 e. The first kappa shape index (κ1) is 14.1. The summed E-state index contributed by atoms with van der Waals surface area (Å²) in [6, 6.07) is 6.71. The van der Waals surface area contributed by atoms with E-state index < -0.39 is 24.5 Å². The number of carboxylic acids is 1. The van der Waals surface area contributed by atoms with Gasteiger partial charge in [0, 0.05) is 4.90 Å². The number of thioether (sulfide) groups is 1. The van der Waals surface area contributed by atoms with Gasteiger partial charge in [-0.2, -0.15) is 0 Å². The summed E-state index contributed by atoms with van der Waals surface area (Å²) in [6.45, 7) is -0.645. The molecule has 0 bridgehead atoms. The monoisotopic (exact) mass is 292 g/mol. The highest BCUT2D eigenvalue weighted by atomic mass is 32.2. The summed E-state index contributed by atoms with van der Waals surface area (Å²) >= 11 is 1.60. The number of aliphatic carboxylic acids is 1. The Morgan fingerprint density at radius 1 is 1.35 bits per heavy atom. The maximum absolute atomic E-state index is 11.9. The average Bonchev–Trinajstić information content (AvgIpc) is 2.67. The number of carboxylic acid groups (broad SMARTS) is 1. The maximum Gasteiger partial charge on any atom is 0.329 e. The molecular weight excluding hydrogens is 280 g/mol. The van der Waals surface area contributed by atoms with Gasteiger partial charge in [-0.3, -0.25) is 9.59 Å². The van der Waals surface area contributed by atoms with Crippen LogP contribution in [0.3, 0.4) is 0 Å². The van der Waals surface area contributed by atoms with Crippen LogP contribution in [0.5, 0.6) is 0 Å². The van der Waals surface area contributed by atoms with Gasteiger partial charge in [0.25, 0.3) is 5.91 Å². The summed E-state index contributed by atoms with van der Waals surface area (Å²) < 4.78 is 0. The molecule has 1 aromatic rings. The Hall–Kier alpha value is -2.28. The highest BCUT2D eigenvalue weighted by Gasteiger charge is 2.34. The fourth-order valence-corrected chi connectivity index (χ4v) is 2.13. The summed E-state index contributed by atoms with van der Waals surface area (Å²) in [5, 5.41) is 11.0. The molecule has 0 radical (unpaired) electrons. The molecule has 1 saturated heterocycles. The number of amides is 3. The molecule has 3 amide bonds. The van der Waals surface area contributed by atoms with Gasteiger partial charge in [0.15, 0.2) is 0 Å². The summed E-state index contributed by atoms with van der Waals surface area (Å²) in [5.74, 6) is -1.87. The Bertz CT molecular complexity index is 595. The molecule has 0 aliphatic carbocycles. The minimum atomic E-state index is -1.24. The van der Waals surface area contributed by atoms with Crippen molar-refractivity contribution in [3.63, 3.8) is 0 Å². The summed E-state index contributed by atoms with van der Waals surface area (Å²) in [5.41, 5.74) is 0.830. The van der Waals surface area contributed by atoms with Crippen LogP contribution >= 0.6 is 11.8 Å². The van der Waals surface area contributed by atoms with Gasteiger partial charge in [0.05, 0.1) is 0 Å². The molecule has 104 valence electrons. The number of rotatable bonds is 4. The molecule has 1 heterocycles. The Kier molecular flexibility index (Phi) is 4.09. The van der Waals surface area contributed by atoms with Crippen molar-refractivity contribution >= 4 is 35.7 Å². The summed E-state index contributed by atoms with van der Waals surface area (Å²) in [4.78, 5) is 35.7. The van der Waals surface area contributed by atoms with Gasteiger partial charge in [0.2, 0.25) is 0 Å². The fourth-order valence-electron chi connectivity index (χ4n) is 1.72. The standard InChI is InChI=1S/C13H12N2O4S/c1-20-9-4-2-8(3-5-9)6-10-12(18)15(7-11(16)17)13(19)14-10/h2-6H,7H2,1H3,(H,14,19)(H,16,17)/b10-6+. The molecule has 1 aliphatic rings. The van der Waals surface area contributed by atoms with Crippen molar-refractivity contribution in [2.45, 2.75) is 4.90 Å². The van der Waals surface area contributed by atoms with E-state index >= 15 is 0 Å². The third kappa shape index (κ3) is 3.00. The number of urea groups is 1. The van der Waals surface area contributed by atoms with Crippen LogP contribution in [0.25, 0.3) is 6.08 Å². The highest BCUT2D eigenvalue weighted by molar-refractivity contribution is 7.98. The molecule has 1 aliphatic heterocycles. The van der Waals surface area contributed by atoms with Crippen LogP contribution in [-0.4, -0.2) is 40.7 Å². The third-order valence-corrected chi connectivity index (χ3v) is 3.43. The molecule has 20 heavy (non-hydrogen) atoms. The zero-order chi connectivity index (χ0) is 14.7. The molecule has 1 fully saturated rings. The van der Waals surface area contributed by atoms with Crippen LogP contribution in [0.1, 0.15) is 5.56 Å². The van der Waals surface area contributed by atoms with Crippen molar-refractivity contribution in [1.82, 2.24) is 10.2 Å². The van der Waals surface area contributed by atoms with Crippen LogP contribution in [0, 0.1) is 0 Å². The molecule has 0 saturated carbocycles. The summed E-state index contributed by atoms with van der Waals surface area (Å²) in [6.07, 6.45) is 3.48. The van der Waals surface area contributed by atoms with Crippen LogP contribution in [-0.2, 0) is 9.59 Å². The van der Waals surface area contributed by atoms with E-state index in [4.69, 9.17) is 5.11 Å². The van der Waals surface area contributed by atoms with Gasteiger partial charge >= 0.3 is 12.0 Å². The lowest BCUT2D eigenvalue weighted by molar-refractivity contribution is -0.140. The van der Waals surface area contributed by atoms with Gasteiger partial charge in [-0.05, 0) is 30.0 Å². The van der Waals surface area contributed by atoms with Gasteiger partial charge < -0.3 is 10.4 Å². The van der Waals surface area contributed by atoms with Crippen molar-refractivity contribution in [2.75, 3.05) is 12.8 Å². The predicted octanol–water partition coefficient (Wildman–Crippen LogP) is 1.39. The molecule has 0 atom stereocenters. The zero-order valence-electron chi connectivity index (χ0n) is 10.6. The maximum atomic E-state index is 11.9. The first-order valence-corrected chi connectivity index (χ1v) is 6.94. The van der Waals surface area contributed by atoms with Gasteiger partial charge in [-0.25, -0.2) is 9.69 Å². The van der Waals surface area contributed by atoms with E-state index in [0.717, 1.165) is 10.5 Å². The number of hydrogen-bond donors (Lipinski definition) is 2. The SMILES string of the molecule is CSc1ccc(/C=C2/NC(=O)N(CC(=O)O)C2=O)cc1. The fraction of sp³-hybridized carbons (Fsp3) is 0.154. The Balaban J connectivity index is 2.20. The van der Waals surface area contributed by atoms with Crippen molar-refractivity contribution in [3.8, 4) is 0 Å². The third-order valence-electron chi connectivity index (χ3n) is 2.68. The van der Waals surface area contributed by atoms with Crippen LogP contribution in [0.2, 0.25) is 0 Å². The number of nitrogens with zero attached hydrogens (tertiary/aromatic N) is 1. The second kappa shape index (κ2) is 5.79. The van der Waals surface area contributed by atoms with Gasteiger partial charge in [0.1, 0.15) is 12.2 Å². The van der Waals surface area contributed by atoms with E-state index in [0.29, 0.717) is 4.90 Å². The Labute approximate surface area is 119 Å². The molecule has 0 unspecified atom stereocenters. The molecule has 0 aromatic heterocycles. The Morgan fingerprint density at radius 2 is 2.00 bits per heavy atom. The first-order chi connectivity index (χ1) is 9.51. The predicted molar refractivity (Wildman–Crippen MR) is 74.1 cm³/mol. The highest BCUT2D eigenvalue weighted by Crippen LogP contribution is 2.18. The molecule has 2 N–H and O–H groups in total. The van der Waals surface area contributed by atoms with Gasteiger partial charge in [-0.15, -0.1) is 11.8 Å². The molecule has 2 rings (SSSR count). The lowest BCUT2D eigenvalue weighted by Crippen LogP contribution is -2.35. The Morgan fingerprint density at radius 3 is 2.55 bits per heavy atom. The number of imide groups is 1. The number of carbonyl (C=O) groups is 3. The number of benzene rings is 1. The van der Waals surface area contributed by atoms with Gasteiger partial charge in [-0.1, -0.05) is 12.1 Å². The van der Waals surface area contributed by atoms with E-state index in [1.807, 2.05) is 30.5 Å². The average molecular weight is 292 g/mol. The van der Waals surface area contributed by atoms with Crippen LogP contribution in [0.4, 0.5) is 4.79 Å². The van der Waals surface area contributed by atoms with Crippen LogP contribution in [0.15, 0.2) is 34.9 Å². The lowest BCUT2D eigenvalue weighted by Gasteiger charge is -2.06. The van der Waals surface area contributed by atoms with E-state index in [1.54, 1.807) is 11.8 Å². The topological polar surface area (TPSA) is 86.7 Å². The number of carbonyl (C=O) groups excluding carboxylic acids is 2. The minimum Gasteiger partial charge on any atom is -0.480 e. The van der Waals surface area contributed by atoms with E-state index in [1.165, 1.54) is 6.08 Å². The van der Waals surface area contributed by atoms with Crippen molar-refractivity contribution in [3.05, 3.63) is 35.5 Å². The zero-order valence-corrected chi connectivity index (χ0v) is 11.4. The van der Waals surface area contributed by atoms with Crippen molar-refractivity contribution < 1.29 is 19.5 Å². The molecular formula is C13H12N2O4S. The summed E-state index contributed by atoms with van der Waals surface area (Å²) in [7, 11) is 0. The molecule has 7 heteroatoms. The largest absolute Gasteiger partial charge is 0.480 e. The minimum absolute atomic E-state index is 0.0770. The number of hydrogen-bond acceptors (Lipinski definition) is 4. The van der Waals surface area contributed by atoms with Crippen molar-refractivity contribution in [1.29, 1.82) is 0 Å². The lowest BCUT2D eigenvalue weighted by atomic mass is 10.2. The first-order valence-electron chi connectivity index (χ1n) is 5.71. The number of nitrogens with one attached hydrogen (secondary N) is 1.